The van der Waals surface area contributed by atoms with Crippen LogP contribution in [0.2, 0.25) is 5.02 Å². The Morgan fingerprint density at radius 1 is 1.50 bits per heavy atom. The molecule has 0 amide bonds. The van der Waals surface area contributed by atoms with Crippen molar-refractivity contribution in [1.82, 2.24) is 4.72 Å². The van der Waals surface area contributed by atoms with Gasteiger partial charge < -0.3 is 9.84 Å². The molecule has 1 atom stereocenters. The number of nitrogens with one attached hydrogen (secondary N) is 1. The quantitative estimate of drug-likeness (QED) is 0.797. The van der Waals surface area contributed by atoms with Crippen LogP contribution in [0.1, 0.15) is 13.3 Å². The summed E-state index contributed by atoms with van der Waals surface area (Å²) < 4.78 is 44.0. The number of hydrogen-bond donors (Lipinski definition) is 2. The minimum atomic E-state index is -3.92. The van der Waals surface area contributed by atoms with Crippen LogP contribution in [0.15, 0.2) is 23.1 Å². The summed E-state index contributed by atoms with van der Waals surface area (Å²) >= 11 is 5.71. The smallest absolute Gasteiger partial charge is 0.242 e. The van der Waals surface area contributed by atoms with Crippen LogP contribution in [0.5, 0.6) is 0 Å². The van der Waals surface area contributed by atoms with Gasteiger partial charge in [-0.3, -0.25) is 0 Å². The van der Waals surface area contributed by atoms with E-state index in [1.807, 2.05) is 0 Å². The predicted molar refractivity (Wildman–Crippen MR) is 73.7 cm³/mol. The number of aliphatic hydroxyl groups is 1. The Bertz CT molecular complexity index is 563. The molecule has 0 saturated carbocycles. The van der Waals surface area contributed by atoms with E-state index in [0.717, 1.165) is 18.2 Å². The SMILES string of the molecule is COCCC(C)(O)CNS(=O)(=O)c1ccc(F)cc1Cl. The lowest BCUT2D eigenvalue weighted by molar-refractivity contribution is 0.0292. The maximum atomic E-state index is 12.9. The molecule has 0 heterocycles. The van der Waals surface area contributed by atoms with Crippen LogP contribution in [0.4, 0.5) is 4.39 Å². The molecular formula is C12H17ClFNO4S. The molecule has 8 heteroatoms. The van der Waals surface area contributed by atoms with Gasteiger partial charge in [0.2, 0.25) is 10.0 Å². The highest BCUT2D eigenvalue weighted by Crippen LogP contribution is 2.22. The first kappa shape index (κ1) is 17.3. The fraction of sp³-hybridized carbons (Fsp3) is 0.500. The topological polar surface area (TPSA) is 75.6 Å². The summed E-state index contributed by atoms with van der Waals surface area (Å²) in [5.41, 5.74) is -1.25. The number of rotatable bonds is 7. The zero-order valence-electron chi connectivity index (χ0n) is 11.2. The second-order valence-electron chi connectivity index (χ2n) is 4.64. The van der Waals surface area contributed by atoms with E-state index in [9.17, 15) is 17.9 Å². The number of hydrogen-bond acceptors (Lipinski definition) is 4. The number of sulfonamides is 1. The molecule has 114 valence electrons. The Hall–Kier alpha value is -0.730. The van der Waals surface area contributed by atoms with Crippen LogP contribution < -0.4 is 4.72 Å². The second kappa shape index (κ2) is 6.82. The Morgan fingerprint density at radius 2 is 2.15 bits per heavy atom. The largest absolute Gasteiger partial charge is 0.389 e. The highest BCUT2D eigenvalue weighted by Gasteiger charge is 2.25. The van der Waals surface area contributed by atoms with Crippen molar-refractivity contribution in [2.45, 2.75) is 23.8 Å². The Kier molecular flexibility index (Phi) is 5.91. The Labute approximate surface area is 122 Å². The van der Waals surface area contributed by atoms with Crippen molar-refractivity contribution < 1.29 is 22.7 Å². The molecule has 0 aromatic heterocycles. The van der Waals surface area contributed by atoms with Gasteiger partial charge in [-0.15, -0.1) is 0 Å². The van der Waals surface area contributed by atoms with Gasteiger partial charge in [-0.25, -0.2) is 17.5 Å². The zero-order valence-corrected chi connectivity index (χ0v) is 12.8. The number of benzene rings is 1. The fourth-order valence-corrected chi connectivity index (χ4v) is 3.12. The van der Waals surface area contributed by atoms with Gasteiger partial charge in [-0.2, -0.15) is 0 Å². The monoisotopic (exact) mass is 325 g/mol. The lowest BCUT2D eigenvalue weighted by Gasteiger charge is -2.23. The van der Waals surface area contributed by atoms with Crippen LogP contribution >= 0.6 is 11.6 Å². The fourth-order valence-electron chi connectivity index (χ4n) is 1.43. The molecular weight excluding hydrogens is 309 g/mol. The third kappa shape index (κ3) is 4.99. The first-order chi connectivity index (χ1) is 9.18. The van der Waals surface area contributed by atoms with E-state index in [0.29, 0.717) is 6.61 Å². The highest BCUT2D eigenvalue weighted by molar-refractivity contribution is 7.89. The van der Waals surface area contributed by atoms with E-state index in [4.69, 9.17) is 16.3 Å². The lowest BCUT2D eigenvalue weighted by atomic mass is 10.0. The van der Waals surface area contributed by atoms with Crippen molar-refractivity contribution in [2.24, 2.45) is 0 Å². The van der Waals surface area contributed by atoms with Gasteiger partial charge in [0.1, 0.15) is 10.7 Å². The van der Waals surface area contributed by atoms with Crippen LogP contribution in [-0.4, -0.2) is 39.4 Å². The molecule has 1 unspecified atom stereocenters. The highest BCUT2D eigenvalue weighted by atomic mass is 35.5. The molecule has 1 aromatic rings. The molecule has 2 N–H and O–H groups in total. The summed E-state index contributed by atoms with van der Waals surface area (Å²) in [4.78, 5) is -0.233. The molecule has 0 radical (unpaired) electrons. The van der Waals surface area contributed by atoms with Crippen LogP contribution in [-0.2, 0) is 14.8 Å². The molecule has 0 fully saturated rings. The summed E-state index contributed by atoms with van der Waals surface area (Å²) in [5.74, 6) is -0.624. The van der Waals surface area contributed by atoms with Gasteiger partial charge >= 0.3 is 0 Å². The van der Waals surface area contributed by atoms with Crippen molar-refractivity contribution >= 4 is 21.6 Å². The van der Waals surface area contributed by atoms with E-state index in [1.54, 1.807) is 0 Å². The molecule has 20 heavy (non-hydrogen) atoms. The van der Waals surface area contributed by atoms with Gasteiger partial charge in [0.05, 0.1) is 10.6 Å². The van der Waals surface area contributed by atoms with Crippen LogP contribution in [0.25, 0.3) is 0 Å². The van der Waals surface area contributed by atoms with Crippen molar-refractivity contribution in [3.05, 3.63) is 29.0 Å². The zero-order chi connectivity index (χ0) is 15.4. The molecule has 0 aliphatic rings. The third-order valence-electron chi connectivity index (χ3n) is 2.67. The van der Waals surface area contributed by atoms with Gasteiger partial charge in [0.25, 0.3) is 0 Å². The van der Waals surface area contributed by atoms with Crippen molar-refractivity contribution in [3.8, 4) is 0 Å². The molecule has 0 aliphatic carbocycles. The van der Waals surface area contributed by atoms with Crippen molar-refractivity contribution in [3.63, 3.8) is 0 Å². The molecule has 5 nitrogen and oxygen atoms in total. The van der Waals surface area contributed by atoms with Gasteiger partial charge in [0, 0.05) is 26.7 Å². The minimum Gasteiger partial charge on any atom is -0.389 e. The Balaban J connectivity index is 2.80. The summed E-state index contributed by atoms with van der Waals surface area (Å²) in [6, 6.07) is 2.99. The normalized spacial score (nSPS) is 15.1. The van der Waals surface area contributed by atoms with Crippen molar-refractivity contribution in [2.75, 3.05) is 20.3 Å². The number of ether oxygens (including phenoxy) is 1. The maximum absolute atomic E-state index is 12.9. The molecule has 1 rings (SSSR count). The van der Waals surface area contributed by atoms with E-state index in [2.05, 4.69) is 4.72 Å². The summed E-state index contributed by atoms with van der Waals surface area (Å²) in [6.45, 7) is 1.58. The third-order valence-corrected chi connectivity index (χ3v) is 4.56. The van der Waals surface area contributed by atoms with Gasteiger partial charge in [0.15, 0.2) is 0 Å². The summed E-state index contributed by atoms with van der Waals surface area (Å²) in [6.07, 6.45) is 0.267. The predicted octanol–water partition coefficient (Wildman–Crippen LogP) is 1.54. The second-order valence-corrected chi connectivity index (χ2v) is 6.78. The Morgan fingerprint density at radius 3 is 2.70 bits per heavy atom. The maximum Gasteiger partial charge on any atom is 0.242 e. The molecule has 0 spiro atoms. The van der Waals surface area contributed by atoms with Gasteiger partial charge in [-0.05, 0) is 25.1 Å². The first-order valence-electron chi connectivity index (χ1n) is 5.84. The standard InChI is InChI=1S/C12H17ClFNO4S/c1-12(16,5-6-19-2)8-15-20(17,18)11-4-3-9(14)7-10(11)13/h3-4,7,15-16H,5-6,8H2,1-2H3. The van der Waals surface area contributed by atoms with E-state index < -0.39 is 21.4 Å². The van der Waals surface area contributed by atoms with E-state index >= 15 is 0 Å². The number of halogens is 2. The molecule has 0 saturated heterocycles. The molecule has 1 aromatic carbocycles. The first-order valence-corrected chi connectivity index (χ1v) is 7.70. The van der Waals surface area contributed by atoms with Crippen LogP contribution in [0.3, 0.4) is 0 Å². The van der Waals surface area contributed by atoms with Crippen LogP contribution in [0, 0.1) is 5.82 Å². The van der Waals surface area contributed by atoms with Gasteiger partial charge in [-0.1, -0.05) is 11.6 Å². The average molecular weight is 326 g/mol. The minimum absolute atomic E-state index is 0.202. The average Bonchev–Trinajstić information content (AvgIpc) is 2.34. The van der Waals surface area contributed by atoms with E-state index in [1.165, 1.54) is 14.0 Å². The number of methoxy groups -OCH3 is 1. The molecule has 0 aliphatic heterocycles. The summed E-state index contributed by atoms with van der Waals surface area (Å²) in [5, 5.41) is 9.76. The van der Waals surface area contributed by atoms with E-state index in [-0.39, 0.29) is 22.9 Å². The lowest BCUT2D eigenvalue weighted by Crippen LogP contribution is -2.41. The van der Waals surface area contributed by atoms with Crippen molar-refractivity contribution in [1.29, 1.82) is 0 Å². The molecule has 0 bridgehead atoms. The summed E-state index contributed by atoms with van der Waals surface area (Å²) in [7, 11) is -2.43.